The Kier molecular flexibility index (Phi) is 2.69. The van der Waals surface area contributed by atoms with Crippen LogP contribution in [0.4, 0.5) is 0 Å². The van der Waals surface area contributed by atoms with Crippen molar-refractivity contribution in [3.05, 3.63) is 53.6 Å². The molecular weight excluding hydrogens is 210 g/mol. The van der Waals surface area contributed by atoms with Crippen molar-refractivity contribution < 1.29 is 0 Å². The third-order valence-corrected chi connectivity index (χ3v) is 3.43. The summed E-state index contributed by atoms with van der Waals surface area (Å²) < 4.78 is 2.27. The lowest BCUT2D eigenvalue weighted by atomic mass is 10.2. The van der Waals surface area contributed by atoms with Crippen LogP contribution >= 0.6 is 0 Å². The summed E-state index contributed by atoms with van der Waals surface area (Å²) in [5, 5.41) is 0. The summed E-state index contributed by atoms with van der Waals surface area (Å²) in [6.45, 7) is 6.31. The van der Waals surface area contributed by atoms with Crippen LogP contribution in [0.25, 0.3) is 0 Å². The summed E-state index contributed by atoms with van der Waals surface area (Å²) in [7, 11) is 0. The second kappa shape index (κ2) is 4.34. The van der Waals surface area contributed by atoms with Crippen LogP contribution in [-0.2, 0) is 19.6 Å². The maximum atomic E-state index is 4.38. The summed E-state index contributed by atoms with van der Waals surface area (Å²) in [6.07, 6.45) is 1.96. The topological polar surface area (TPSA) is 21.1 Å². The van der Waals surface area contributed by atoms with Crippen molar-refractivity contribution in [3.63, 3.8) is 0 Å². The highest BCUT2D eigenvalue weighted by Crippen LogP contribution is 2.17. The van der Waals surface area contributed by atoms with Gasteiger partial charge in [0.15, 0.2) is 0 Å². The monoisotopic (exact) mass is 227 g/mol. The van der Waals surface area contributed by atoms with Crippen molar-refractivity contribution in [1.29, 1.82) is 0 Å². The molecule has 2 heterocycles. The Bertz CT molecular complexity index is 501. The van der Waals surface area contributed by atoms with Crippen LogP contribution in [0.1, 0.15) is 17.0 Å². The summed E-state index contributed by atoms with van der Waals surface area (Å²) in [4.78, 5) is 6.86. The predicted molar refractivity (Wildman–Crippen MR) is 67.5 cm³/mol. The third-order valence-electron chi connectivity index (χ3n) is 3.43. The van der Waals surface area contributed by atoms with Gasteiger partial charge in [-0.15, -0.1) is 0 Å². The Labute approximate surface area is 102 Å². The number of hydrogen-bond donors (Lipinski definition) is 0. The molecule has 0 fully saturated rings. The molecule has 1 aliphatic heterocycles. The number of nitrogens with zero attached hydrogens (tertiary/aromatic N) is 3. The molecule has 0 unspecified atom stereocenters. The highest BCUT2D eigenvalue weighted by Gasteiger charge is 2.18. The van der Waals surface area contributed by atoms with E-state index in [1.807, 2.05) is 6.33 Å². The highest BCUT2D eigenvalue weighted by molar-refractivity contribution is 5.16. The van der Waals surface area contributed by atoms with Gasteiger partial charge in [-0.25, -0.2) is 4.98 Å². The lowest BCUT2D eigenvalue weighted by Gasteiger charge is -2.28. The average molecular weight is 227 g/mol. The zero-order valence-corrected chi connectivity index (χ0v) is 10.1. The van der Waals surface area contributed by atoms with Crippen LogP contribution in [0.5, 0.6) is 0 Å². The lowest BCUT2D eigenvalue weighted by molar-refractivity contribution is 0.212. The Hall–Kier alpha value is -1.61. The normalized spacial score (nSPS) is 15.8. The Morgan fingerprint density at radius 2 is 2.00 bits per heavy atom. The SMILES string of the molecule is Cc1ncn2c1CN(Cc1ccccc1)CC2. The maximum Gasteiger partial charge on any atom is 0.0952 e. The number of aromatic nitrogens is 2. The Morgan fingerprint density at radius 1 is 1.18 bits per heavy atom. The minimum absolute atomic E-state index is 1.01. The zero-order valence-electron chi connectivity index (χ0n) is 10.1. The van der Waals surface area contributed by atoms with Gasteiger partial charge in [0.25, 0.3) is 0 Å². The van der Waals surface area contributed by atoms with Gasteiger partial charge in [-0.05, 0) is 12.5 Å². The van der Waals surface area contributed by atoms with E-state index in [2.05, 4.69) is 51.7 Å². The predicted octanol–water partition coefficient (Wildman–Crippen LogP) is 2.21. The minimum Gasteiger partial charge on any atom is -0.332 e. The van der Waals surface area contributed by atoms with Crippen molar-refractivity contribution in [3.8, 4) is 0 Å². The van der Waals surface area contributed by atoms with E-state index in [0.717, 1.165) is 26.2 Å². The minimum atomic E-state index is 1.01. The molecule has 17 heavy (non-hydrogen) atoms. The largest absolute Gasteiger partial charge is 0.332 e. The standard InChI is InChI=1S/C14H17N3/c1-12-14-10-16(7-8-17(14)11-15-12)9-13-5-3-2-4-6-13/h2-6,11H,7-10H2,1H3. The molecule has 1 aromatic heterocycles. The van der Waals surface area contributed by atoms with Gasteiger partial charge in [-0.3, -0.25) is 4.90 Å². The van der Waals surface area contributed by atoms with Crippen molar-refractivity contribution >= 4 is 0 Å². The van der Waals surface area contributed by atoms with Gasteiger partial charge >= 0.3 is 0 Å². The van der Waals surface area contributed by atoms with Crippen molar-refractivity contribution in [2.24, 2.45) is 0 Å². The molecule has 0 spiro atoms. The number of hydrogen-bond acceptors (Lipinski definition) is 2. The molecule has 0 saturated heterocycles. The molecule has 1 aliphatic rings. The number of benzene rings is 1. The number of fused-ring (bicyclic) bond motifs is 1. The van der Waals surface area contributed by atoms with Crippen LogP contribution in [0.15, 0.2) is 36.7 Å². The average Bonchev–Trinajstić information content (AvgIpc) is 2.73. The molecular formula is C14H17N3. The van der Waals surface area contributed by atoms with Crippen LogP contribution in [0.3, 0.4) is 0 Å². The number of rotatable bonds is 2. The number of imidazole rings is 1. The molecule has 3 rings (SSSR count). The van der Waals surface area contributed by atoms with Crippen LogP contribution in [-0.4, -0.2) is 21.0 Å². The molecule has 0 amide bonds. The fraction of sp³-hybridized carbons (Fsp3) is 0.357. The fourth-order valence-electron chi connectivity index (χ4n) is 2.42. The van der Waals surface area contributed by atoms with Gasteiger partial charge in [0.1, 0.15) is 0 Å². The van der Waals surface area contributed by atoms with E-state index in [0.29, 0.717) is 0 Å². The summed E-state index contributed by atoms with van der Waals surface area (Å²) in [6, 6.07) is 10.7. The van der Waals surface area contributed by atoms with Gasteiger partial charge in [0, 0.05) is 26.2 Å². The molecule has 0 atom stereocenters. The molecule has 0 radical (unpaired) electrons. The second-order valence-electron chi connectivity index (χ2n) is 4.67. The van der Waals surface area contributed by atoms with Crippen LogP contribution < -0.4 is 0 Å². The van der Waals surface area contributed by atoms with Crippen LogP contribution in [0, 0.1) is 6.92 Å². The van der Waals surface area contributed by atoms with Crippen molar-refractivity contribution in [2.75, 3.05) is 6.54 Å². The van der Waals surface area contributed by atoms with Crippen molar-refractivity contribution in [2.45, 2.75) is 26.6 Å². The van der Waals surface area contributed by atoms with E-state index in [9.17, 15) is 0 Å². The third kappa shape index (κ3) is 2.11. The first kappa shape index (κ1) is 10.5. The molecule has 0 saturated carbocycles. The quantitative estimate of drug-likeness (QED) is 0.784. The van der Waals surface area contributed by atoms with E-state index in [-0.39, 0.29) is 0 Å². The molecule has 2 aromatic rings. The van der Waals surface area contributed by atoms with Gasteiger partial charge in [0.2, 0.25) is 0 Å². The summed E-state index contributed by atoms with van der Waals surface area (Å²) in [5.41, 5.74) is 3.92. The molecule has 3 nitrogen and oxygen atoms in total. The molecule has 88 valence electrons. The van der Waals surface area contributed by atoms with E-state index >= 15 is 0 Å². The highest BCUT2D eigenvalue weighted by atomic mass is 15.2. The van der Waals surface area contributed by atoms with Gasteiger partial charge < -0.3 is 4.57 Å². The van der Waals surface area contributed by atoms with E-state index in [4.69, 9.17) is 0 Å². The molecule has 1 aromatic carbocycles. The van der Waals surface area contributed by atoms with E-state index < -0.39 is 0 Å². The summed E-state index contributed by atoms with van der Waals surface area (Å²) >= 11 is 0. The van der Waals surface area contributed by atoms with Crippen molar-refractivity contribution in [1.82, 2.24) is 14.5 Å². The first-order valence-electron chi connectivity index (χ1n) is 6.10. The molecule has 3 heteroatoms. The maximum absolute atomic E-state index is 4.38. The lowest BCUT2D eigenvalue weighted by Crippen LogP contribution is -2.33. The van der Waals surface area contributed by atoms with Gasteiger partial charge in [0.05, 0.1) is 17.7 Å². The Morgan fingerprint density at radius 3 is 2.82 bits per heavy atom. The van der Waals surface area contributed by atoms with Gasteiger partial charge in [-0.1, -0.05) is 30.3 Å². The molecule has 0 aliphatic carbocycles. The first-order valence-corrected chi connectivity index (χ1v) is 6.10. The van der Waals surface area contributed by atoms with Crippen LogP contribution in [0.2, 0.25) is 0 Å². The smallest absolute Gasteiger partial charge is 0.0952 e. The first-order chi connectivity index (χ1) is 8.33. The molecule has 0 bridgehead atoms. The fourth-order valence-corrected chi connectivity index (χ4v) is 2.42. The number of aryl methyl sites for hydroxylation is 1. The van der Waals surface area contributed by atoms with Gasteiger partial charge in [-0.2, -0.15) is 0 Å². The van der Waals surface area contributed by atoms with E-state index in [1.165, 1.54) is 17.0 Å². The summed E-state index contributed by atoms with van der Waals surface area (Å²) in [5.74, 6) is 0. The van der Waals surface area contributed by atoms with E-state index in [1.54, 1.807) is 0 Å². The molecule has 0 N–H and O–H groups in total. The second-order valence-corrected chi connectivity index (χ2v) is 4.67. The Balaban J connectivity index is 1.74. The zero-order chi connectivity index (χ0) is 11.7.